The molecule has 31 heavy (non-hydrogen) atoms. The Hall–Kier alpha value is -2.96. The van der Waals surface area contributed by atoms with Crippen molar-refractivity contribution in [1.29, 1.82) is 0 Å². The molecule has 160 valence electrons. The molecule has 3 aromatic rings. The van der Waals surface area contributed by atoms with Gasteiger partial charge in [0.25, 0.3) is 5.91 Å². The van der Waals surface area contributed by atoms with Crippen LogP contribution in [0.3, 0.4) is 0 Å². The van der Waals surface area contributed by atoms with E-state index in [1.54, 1.807) is 29.0 Å². The van der Waals surface area contributed by atoms with Gasteiger partial charge < -0.3 is 9.88 Å². The standard InChI is InChI=1S/C24H23ClFN3O2/c1-28-15-21(24(31)27-13-16-2-5-18(25)6-3-16)23(30)20-12-17(4-7-22(20)28)14-29-10-8-19(26)9-11-29/h2-8,12,15H,9-11,13-14H2,1H3,(H,27,31). The molecule has 0 spiro atoms. The van der Waals surface area contributed by atoms with Crippen molar-refractivity contribution in [3.8, 4) is 0 Å². The van der Waals surface area contributed by atoms with Crippen molar-refractivity contribution >= 4 is 28.4 Å². The number of hydrogen-bond donors (Lipinski definition) is 1. The fraction of sp³-hybridized carbons (Fsp3) is 0.250. The molecule has 1 aliphatic rings. The van der Waals surface area contributed by atoms with Gasteiger partial charge >= 0.3 is 0 Å². The van der Waals surface area contributed by atoms with Crippen LogP contribution < -0.4 is 10.7 Å². The van der Waals surface area contributed by atoms with Crippen LogP contribution in [0.2, 0.25) is 5.02 Å². The van der Waals surface area contributed by atoms with Gasteiger partial charge in [-0.05, 0) is 41.5 Å². The molecule has 0 saturated heterocycles. The van der Waals surface area contributed by atoms with Gasteiger partial charge in [-0.2, -0.15) is 0 Å². The van der Waals surface area contributed by atoms with E-state index in [1.807, 2.05) is 37.4 Å². The summed E-state index contributed by atoms with van der Waals surface area (Å²) < 4.78 is 15.0. The number of nitrogens with one attached hydrogen (secondary N) is 1. The van der Waals surface area contributed by atoms with Gasteiger partial charge in [-0.3, -0.25) is 14.5 Å². The molecule has 0 atom stereocenters. The number of fused-ring (bicyclic) bond motifs is 1. The molecule has 1 N–H and O–H groups in total. The molecular formula is C24H23ClFN3O2. The van der Waals surface area contributed by atoms with Crippen molar-refractivity contribution < 1.29 is 9.18 Å². The summed E-state index contributed by atoms with van der Waals surface area (Å²) in [5, 5.41) is 3.93. The number of carbonyl (C=O) groups is 1. The lowest BCUT2D eigenvalue weighted by Crippen LogP contribution is -2.29. The van der Waals surface area contributed by atoms with E-state index in [0.29, 0.717) is 43.0 Å². The first-order valence-electron chi connectivity index (χ1n) is 10.1. The number of rotatable bonds is 5. The lowest BCUT2D eigenvalue weighted by Gasteiger charge is -2.24. The second-order valence-corrected chi connectivity index (χ2v) is 8.22. The second kappa shape index (κ2) is 9.04. The van der Waals surface area contributed by atoms with Gasteiger partial charge in [0.1, 0.15) is 5.56 Å². The van der Waals surface area contributed by atoms with Gasteiger partial charge in [-0.25, -0.2) is 4.39 Å². The van der Waals surface area contributed by atoms with Gasteiger partial charge in [0.2, 0.25) is 5.43 Å². The fourth-order valence-electron chi connectivity index (χ4n) is 3.77. The predicted molar refractivity (Wildman–Crippen MR) is 121 cm³/mol. The van der Waals surface area contributed by atoms with Crippen LogP contribution in [0.4, 0.5) is 4.39 Å². The molecule has 0 fully saturated rings. The SMILES string of the molecule is Cn1cc(C(=O)NCc2ccc(Cl)cc2)c(=O)c2cc(CN3CC=C(F)CC3)ccc21. The number of aromatic nitrogens is 1. The number of amides is 1. The van der Waals surface area contributed by atoms with Gasteiger partial charge in [-0.1, -0.05) is 29.8 Å². The third-order valence-electron chi connectivity index (χ3n) is 5.51. The van der Waals surface area contributed by atoms with E-state index < -0.39 is 5.91 Å². The summed E-state index contributed by atoms with van der Waals surface area (Å²) in [6.45, 7) is 2.12. The minimum absolute atomic E-state index is 0.0714. The molecule has 1 aliphatic heterocycles. The maximum absolute atomic E-state index is 13.3. The summed E-state index contributed by atoms with van der Waals surface area (Å²) in [5.74, 6) is -0.489. The fourth-order valence-corrected chi connectivity index (χ4v) is 3.89. The number of aryl methyl sites for hydroxylation is 1. The highest BCUT2D eigenvalue weighted by Gasteiger charge is 2.16. The van der Waals surface area contributed by atoms with Crippen molar-refractivity contribution in [2.24, 2.45) is 7.05 Å². The van der Waals surface area contributed by atoms with Crippen LogP contribution in [-0.4, -0.2) is 28.5 Å². The van der Waals surface area contributed by atoms with Gasteiger partial charge in [-0.15, -0.1) is 0 Å². The lowest BCUT2D eigenvalue weighted by atomic mass is 10.1. The van der Waals surface area contributed by atoms with Crippen molar-refractivity contribution in [3.63, 3.8) is 0 Å². The summed E-state index contributed by atoms with van der Waals surface area (Å²) in [5.41, 5.74) is 2.41. The first kappa shape index (κ1) is 21.3. The van der Waals surface area contributed by atoms with E-state index in [0.717, 1.165) is 16.6 Å². The molecule has 0 aliphatic carbocycles. The largest absolute Gasteiger partial charge is 0.350 e. The summed E-state index contributed by atoms with van der Waals surface area (Å²) in [7, 11) is 1.82. The van der Waals surface area contributed by atoms with Crippen molar-refractivity contribution in [2.75, 3.05) is 13.1 Å². The Morgan fingerprint density at radius 3 is 2.61 bits per heavy atom. The quantitative estimate of drug-likeness (QED) is 0.648. The molecule has 0 saturated carbocycles. The smallest absolute Gasteiger partial charge is 0.257 e. The van der Waals surface area contributed by atoms with Crippen LogP contribution in [0.5, 0.6) is 0 Å². The van der Waals surface area contributed by atoms with E-state index in [4.69, 9.17) is 11.6 Å². The third kappa shape index (κ3) is 4.86. The van der Waals surface area contributed by atoms with Gasteiger partial charge in [0.05, 0.1) is 11.3 Å². The number of pyridine rings is 1. The Bertz CT molecular complexity index is 1220. The van der Waals surface area contributed by atoms with Crippen molar-refractivity contribution in [3.05, 3.63) is 92.5 Å². The predicted octanol–water partition coefficient (Wildman–Crippen LogP) is 4.18. The highest BCUT2D eigenvalue weighted by Crippen LogP contribution is 2.18. The summed E-state index contributed by atoms with van der Waals surface area (Å²) >= 11 is 5.89. The topological polar surface area (TPSA) is 54.3 Å². The molecule has 0 unspecified atom stereocenters. The van der Waals surface area contributed by atoms with Crippen LogP contribution in [0.25, 0.3) is 10.9 Å². The van der Waals surface area contributed by atoms with Crippen molar-refractivity contribution in [1.82, 2.24) is 14.8 Å². The maximum Gasteiger partial charge on any atom is 0.257 e. The molecule has 1 amide bonds. The molecule has 5 nitrogen and oxygen atoms in total. The van der Waals surface area contributed by atoms with Crippen LogP contribution in [0, 0.1) is 0 Å². The Kier molecular flexibility index (Phi) is 6.20. The number of benzene rings is 2. The van der Waals surface area contributed by atoms with Crippen LogP contribution in [-0.2, 0) is 20.1 Å². The lowest BCUT2D eigenvalue weighted by molar-refractivity contribution is 0.0949. The maximum atomic E-state index is 13.3. The normalized spacial score (nSPS) is 14.5. The molecule has 2 heterocycles. The van der Waals surface area contributed by atoms with Crippen LogP contribution >= 0.6 is 11.6 Å². The first-order chi connectivity index (χ1) is 14.9. The van der Waals surface area contributed by atoms with E-state index in [-0.39, 0.29) is 16.8 Å². The number of nitrogens with zero attached hydrogens (tertiary/aromatic N) is 2. The van der Waals surface area contributed by atoms with E-state index >= 15 is 0 Å². The minimum Gasteiger partial charge on any atom is -0.350 e. The summed E-state index contributed by atoms with van der Waals surface area (Å²) in [6, 6.07) is 12.9. The third-order valence-corrected chi connectivity index (χ3v) is 5.76. The Labute approximate surface area is 184 Å². The number of carbonyl (C=O) groups excluding carboxylic acids is 1. The average Bonchev–Trinajstić information content (AvgIpc) is 2.77. The van der Waals surface area contributed by atoms with Gasteiger partial charge in [0, 0.05) is 56.3 Å². The van der Waals surface area contributed by atoms with E-state index in [9.17, 15) is 14.0 Å². The van der Waals surface area contributed by atoms with E-state index in [2.05, 4.69) is 10.2 Å². The van der Waals surface area contributed by atoms with Crippen LogP contribution in [0.1, 0.15) is 27.9 Å². The second-order valence-electron chi connectivity index (χ2n) is 7.78. The molecule has 4 rings (SSSR count). The van der Waals surface area contributed by atoms with Gasteiger partial charge in [0.15, 0.2) is 0 Å². The molecule has 0 bridgehead atoms. The molecule has 2 aromatic carbocycles. The zero-order chi connectivity index (χ0) is 22.0. The number of hydrogen-bond acceptors (Lipinski definition) is 3. The highest BCUT2D eigenvalue weighted by atomic mass is 35.5. The molecular weight excluding hydrogens is 417 g/mol. The van der Waals surface area contributed by atoms with Crippen LogP contribution in [0.15, 0.2) is 65.4 Å². The highest BCUT2D eigenvalue weighted by molar-refractivity contribution is 6.30. The number of halogens is 2. The monoisotopic (exact) mass is 439 g/mol. The zero-order valence-corrected chi connectivity index (χ0v) is 18.0. The molecule has 7 heteroatoms. The van der Waals surface area contributed by atoms with E-state index in [1.165, 1.54) is 0 Å². The Morgan fingerprint density at radius 2 is 1.90 bits per heavy atom. The molecule has 1 aromatic heterocycles. The Morgan fingerprint density at radius 1 is 1.16 bits per heavy atom. The van der Waals surface area contributed by atoms with Crippen molar-refractivity contribution in [2.45, 2.75) is 19.5 Å². The average molecular weight is 440 g/mol. The Balaban J connectivity index is 1.57. The molecule has 0 radical (unpaired) electrons. The zero-order valence-electron chi connectivity index (χ0n) is 17.2. The minimum atomic E-state index is -0.417. The summed E-state index contributed by atoms with van der Waals surface area (Å²) in [4.78, 5) is 28.0. The summed E-state index contributed by atoms with van der Waals surface area (Å²) in [6.07, 6.45) is 3.57. The first-order valence-corrected chi connectivity index (χ1v) is 10.5.